The van der Waals surface area contributed by atoms with Crippen molar-refractivity contribution >= 4 is 21.5 Å². The molecule has 5 nitrogen and oxygen atoms in total. The Kier molecular flexibility index (Phi) is 6.09. The highest BCUT2D eigenvalue weighted by Gasteiger charge is 2.48. The van der Waals surface area contributed by atoms with Crippen LogP contribution in [0.25, 0.3) is 0 Å². The molecule has 0 radical (unpaired) electrons. The zero-order valence-electron chi connectivity index (χ0n) is 14.0. The van der Waals surface area contributed by atoms with Gasteiger partial charge in [0.2, 0.25) is 0 Å². The number of halogens is 4. The topological polar surface area (TPSA) is 72.5 Å². The quantitative estimate of drug-likeness (QED) is 0.589. The Hall–Kier alpha value is -2.62. The van der Waals surface area contributed by atoms with Crippen LogP contribution in [-0.4, -0.2) is 33.5 Å². The first-order valence-corrected chi connectivity index (χ1v) is 9.04. The molecule has 0 spiro atoms. The minimum atomic E-state index is -5.79. The van der Waals surface area contributed by atoms with E-state index in [1.807, 2.05) is 0 Å². The highest BCUT2D eigenvalue weighted by molar-refractivity contribution is 7.92. The molecule has 0 fully saturated rings. The van der Waals surface area contributed by atoms with Gasteiger partial charge in [0, 0.05) is 6.54 Å². The molecule has 0 unspecified atom stereocenters. The molecular weight excluding hydrogens is 390 g/mol. The summed E-state index contributed by atoms with van der Waals surface area (Å²) < 4.78 is 80.1. The van der Waals surface area contributed by atoms with Crippen molar-refractivity contribution < 1.29 is 35.5 Å². The first-order chi connectivity index (χ1) is 12.6. The monoisotopic (exact) mass is 405 g/mol. The van der Waals surface area contributed by atoms with Crippen molar-refractivity contribution in [2.45, 2.75) is 16.3 Å². The Labute approximate surface area is 152 Å². The smallest absolute Gasteiger partial charge is 0.468 e. The molecule has 0 heterocycles. The predicted molar refractivity (Wildman–Crippen MR) is 89.3 cm³/mol. The van der Waals surface area contributed by atoms with Gasteiger partial charge in [0.05, 0.1) is 18.7 Å². The molecule has 0 aliphatic rings. The second kappa shape index (κ2) is 7.95. The number of anilines is 1. The highest BCUT2D eigenvalue weighted by Crippen LogP contribution is 2.35. The SMILES string of the molecule is COC(=O)[C@H](CNc1ccc(F)cc1S(=O)(=O)C(F)(F)F)c1ccccc1. The van der Waals surface area contributed by atoms with Crippen LogP contribution in [0.2, 0.25) is 0 Å². The average molecular weight is 405 g/mol. The highest BCUT2D eigenvalue weighted by atomic mass is 32.2. The minimum Gasteiger partial charge on any atom is -0.468 e. The second-order valence-electron chi connectivity index (χ2n) is 5.46. The molecule has 0 bridgehead atoms. The Morgan fingerprint density at radius 2 is 1.78 bits per heavy atom. The molecular formula is C17H15F4NO4S. The first-order valence-electron chi connectivity index (χ1n) is 7.55. The van der Waals surface area contributed by atoms with E-state index in [4.69, 9.17) is 0 Å². The molecule has 0 saturated heterocycles. The van der Waals surface area contributed by atoms with Gasteiger partial charge in [0.1, 0.15) is 10.7 Å². The lowest BCUT2D eigenvalue weighted by molar-refractivity contribution is -0.142. The van der Waals surface area contributed by atoms with Crippen LogP contribution in [-0.2, 0) is 19.4 Å². The maximum absolute atomic E-state index is 13.4. The number of alkyl halides is 3. The van der Waals surface area contributed by atoms with Gasteiger partial charge in [-0.05, 0) is 23.8 Å². The van der Waals surface area contributed by atoms with Crippen molar-refractivity contribution in [2.75, 3.05) is 19.0 Å². The lowest BCUT2D eigenvalue weighted by Gasteiger charge is -2.19. The van der Waals surface area contributed by atoms with E-state index < -0.39 is 43.6 Å². The summed E-state index contributed by atoms with van der Waals surface area (Å²) in [5.41, 5.74) is -5.56. The molecule has 0 amide bonds. The van der Waals surface area contributed by atoms with E-state index >= 15 is 0 Å². The number of sulfone groups is 1. The first kappa shape index (κ1) is 20.7. The van der Waals surface area contributed by atoms with E-state index in [2.05, 4.69) is 10.1 Å². The van der Waals surface area contributed by atoms with Gasteiger partial charge in [-0.25, -0.2) is 12.8 Å². The van der Waals surface area contributed by atoms with Crippen LogP contribution in [0.1, 0.15) is 11.5 Å². The number of methoxy groups -OCH3 is 1. The maximum atomic E-state index is 13.4. The van der Waals surface area contributed by atoms with Gasteiger partial charge in [-0.1, -0.05) is 30.3 Å². The van der Waals surface area contributed by atoms with Crippen molar-refractivity contribution in [3.63, 3.8) is 0 Å². The number of rotatable bonds is 6. The number of carbonyl (C=O) groups is 1. The zero-order chi connectivity index (χ0) is 20.2. The van der Waals surface area contributed by atoms with Crippen LogP contribution in [0.3, 0.4) is 0 Å². The van der Waals surface area contributed by atoms with Gasteiger partial charge >= 0.3 is 11.5 Å². The second-order valence-corrected chi connectivity index (χ2v) is 7.37. The molecule has 27 heavy (non-hydrogen) atoms. The summed E-state index contributed by atoms with van der Waals surface area (Å²) in [5, 5.41) is 2.49. The van der Waals surface area contributed by atoms with Crippen LogP contribution < -0.4 is 5.32 Å². The molecule has 146 valence electrons. The Morgan fingerprint density at radius 3 is 2.33 bits per heavy atom. The van der Waals surface area contributed by atoms with E-state index in [9.17, 15) is 30.8 Å². The van der Waals surface area contributed by atoms with Crippen molar-refractivity contribution in [1.29, 1.82) is 0 Å². The maximum Gasteiger partial charge on any atom is 0.501 e. The van der Waals surface area contributed by atoms with Gasteiger partial charge in [-0.3, -0.25) is 4.79 Å². The van der Waals surface area contributed by atoms with E-state index in [-0.39, 0.29) is 12.6 Å². The summed E-state index contributed by atoms with van der Waals surface area (Å²) >= 11 is 0. The third kappa shape index (κ3) is 4.57. The predicted octanol–water partition coefficient (Wildman–Crippen LogP) is 3.49. The van der Waals surface area contributed by atoms with Crippen molar-refractivity contribution in [3.8, 4) is 0 Å². The fraction of sp³-hybridized carbons (Fsp3) is 0.235. The van der Waals surface area contributed by atoms with Crippen LogP contribution in [0.5, 0.6) is 0 Å². The standard InChI is InChI=1S/C17H15F4NO4S/c1-26-16(23)13(11-5-3-2-4-6-11)10-22-14-8-7-12(18)9-15(14)27(24,25)17(19,20)21/h2-9,13,22H,10H2,1H3/t13-/m1/s1. The fourth-order valence-electron chi connectivity index (χ4n) is 2.37. The Morgan fingerprint density at radius 1 is 1.15 bits per heavy atom. The van der Waals surface area contributed by atoms with Crippen LogP contribution in [0, 0.1) is 5.82 Å². The summed E-state index contributed by atoms with van der Waals surface area (Å²) in [6.45, 7) is -0.261. The summed E-state index contributed by atoms with van der Waals surface area (Å²) in [5.74, 6) is -2.73. The molecule has 0 saturated carbocycles. The van der Waals surface area contributed by atoms with E-state index in [1.165, 1.54) is 0 Å². The molecule has 0 aliphatic carbocycles. The molecule has 1 atom stereocenters. The van der Waals surface area contributed by atoms with Crippen LogP contribution in [0.4, 0.5) is 23.2 Å². The van der Waals surface area contributed by atoms with Gasteiger partial charge in [0.15, 0.2) is 0 Å². The fourth-order valence-corrected chi connectivity index (χ4v) is 3.31. The number of nitrogens with one attached hydrogen (secondary N) is 1. The number of ether oxygens (including phenoxy) is 1. The number of carbonyl (C=O) groups excluding carboxylic acids is 1. The summed E-state index contributed by atoms with van der Waals surface area (Å²) in [7, 11) is -4.64. The summed E-state index contributed by atoms with van der Waals surface area (Å²) in [6.07, 6.45) is 0. The van der Waals surface area contributed by atoms with Crippen LogP contribution >= 0.6 is 0 Å². The number of hydrogen-bond acceptors (Lipinski definition) is 5. The normalized spacial score (nSPS) is 13.1. The average Bonchev–Trinajstić information content (AvgIpc) is 2.62. The van der Waals surface area contributed by atoms with E-state index in [0.29, 0.717) is 5.56 Å². The third-order valence-electron chi connectivity index (χ3n) is 3.72. The molecule has 2 aromatic rings. The molecule has 2 aromatic carbocycles. The van der Waals surface area contributed by atoms with Gasteiger partial charge in [0.25, 0.3) is 9.84 Å². The van der Waals surface area contributed by atoms with Crippen molar-refractivity contribution in [2.24, 2.45) is 0 Å². The number of benzene rings is 2. The number of hydrogen-bond donors (Lipinski definition) is 1. The van der Waals surface area contributed by atoms with Crippen molar-refractivity contribution in [3.05, 3.63) is 59.9 Å². The van der Waals surface area contributed by atoms with Gasteiger partial charge in [-0.15, -0.1) is 0 Å². The summed E-state index contributed by atoms with van der Waals surface area (Å²) in [4.78, 5) is 10.8. The Balaban J connectivity index is 2.38. The number of esters is 1. The van der Waals surface area contributed by atoms with Gasteiger partial charge in [-0.2, -0.15) is 13.2 Å². The molecule has 10 heteroatoms. The lowest BCUT2D eigenvalue weighted by atomic mass is 9.99. The van der Waals surface area contributed by atoms with E-state index in [1.54, 1.807) is 30.3 Å². The molecule has 1 N–H and O–H groups in total. The zero-order valence-corrected chi connectivity index (χ0v) is 14.8. The summed E-state index contributed by atoms with van der Waals surface area (Å²) in [6, 6.07) is 10.2. The van der Waals surface area contributed by atoms with Crippen molar-refractivity contribution in [1.82, 2.24) is 0 Å². The molecule has 0 aliphatic heterocycles. The minimum absolute atomic E-state index is 0.261. The largest absolute Gasteiger partial charge is 0.501 e. The van der Waals surface area contributed by atoms with Gasteiger partial charge < -0.3 is 10.1 Å². The third-order valence-corrected chi connectivity index (χ3v) is 5.25. The molecule has 2 rings (SSSR count). The van der Waals surface area contributed by atoms with Crippen LogP contribution in [0.15, 0.2) is 53.4 Å². The lowest BCUT2D eigenvalue weighted by Crippen LogP contribution is -2.26. The Bertz CT molecular complexity index is 914. The molecule has 0 aromatic heterocycles. The van der Waals surface area contributed by atoms with E-state index in [0.717, 1.165) is 19.2 Å².